The molecule has 4 rings (SSSR count). The normalized spacial score (nSPS) is 21.7. The van der Waals surface area contributed by atoms with Crippen LogP contribution in [0, 0.1) is 12.7 Å². The number of aryl methyl sites for hydroxylation is 1. The highest BCUT2D eigenvalue weighted by molar-refractivity contribution is 5.73. The van der Waals surface area contributed by atoms with Gasteiger partial charge in [-0.2, -0.15) is 0 Å². The summed E-state index contributed by atoms with van der Waals surface area (Å²) >= 11 is 0. The number of halogens is 1. The Morgan fingerprint density at radius 3 is 2.96 bits per heavy atom. The summed E-state index contributed by atoms with van der Waals surface area (Å²) in [5, 5.41) is 10.2. The quantitative estimate of drug-likeness (QED) is 0.755. The summed E-state index contributed by atoms with van der Waals surface area (Å²) < 4.78 is 19.7. The summed E-state index contributed by atoms with van der Waals surface area (Å²) in [6.45, 7) is 4.08. The van der Waals surface area contributed by atoms with Crippen LogP contribution in [0.1, 0.15) is 35.7 Å². The first-order valence-electron chi connectivity index (χ1n) is 9.38. The van der Waals surface area contributed by atoms with Crippen LogP contribution in [0.3, 0.4) is 0 Å². The lowest BCUT2D eigenvalue weighted by atomic mass is 9.99. The molecule has 27 heavy (non-hydrogen) atoms. The molecule has 0 spiro atoms. The van der Waals surface area contributed by atoms with Gasteiger partial charge in [-0.3, -0.25) is 0 Å². The van der Waals surface area contributed by atoms with E-state index in [1.54, 1.807) is 19.2 Å². The van der Waals surface area contributed by atoms with E-state index < -0.39 is 0 Å². The molecule has 2 aliphatic rings. The third-order valence-corrected chi connectivity index (χ3v) is 5.16. The first-order valence-corrected chi connectivity index (χ1v) is 9.38. The lowest BCUT2D eigenvalue weighted by molar-refractivity contribution is 0.409. The van der Waals surface area contributed by atoms with Gasteiger partial charge < -0.3 is 20.7 Å². The van der Waals surface area contributed by atoms with E-state index in [1.807, 2.05) is 6.20 Å². The highest BCUT2D eigenvalue weighted by Gasteiger charge is 2.25. The number of aromatic nitrogens is 1. The fraction of sp³-hybridized carbons (Fsp3) is 0.381. The van der Waals surface area contributed by atoms with E-state index in [9.17, 15) is 4.39 Å². The van der Waals surface area contributed by atoms with Crippen LogP contribution in [0.4, 0.5) is 10.2 Å². The van der Waals surface area contributed by atoms with Crippen molar-refractivity contribution in [3.05, 3.63) is 59.2 Å². The van der Waals surface area contributed by atoms with Crippen LogP contribution in [0.25, 0.3) is 5.57 Å². The average Bonchev–Trinajstić information content (AvgIpc) is 3.33. The van der Waals surface area contributed by atoms with Crippen molar-refractivity contribution in [1.29, 1.82) is 0 Å². The zero-order chi connectivity index (χ0) is 18.8. The van der Waals surface area contributed by atoms with Gasteiger partial charge in [0.2, 0.25) is 0 Å². The highest BCUT2D eigenvalue weighted by atomic mass is 19.1. The van der Waals surface area contributed by atoms with E-state index in [1.165, 1.54) is 6.07 Å². The predicted molar refractivity (Wildman–Crippen MR) is 105 cm³/mol. The maximum absolute atomic E-state index is 14.4. The van der Waals surface area contributed by atoms with Crippen LogP contribution in [0.15, 0.2) is 36.5 Å². The Labute approximate surface area is 159 Å². The molecule has 2 unspecified atom stereocenters. The molecule has 2 aromatic rings. The van der Waals surface area contributed by atoms with Crippen molar-refractivity contribution in [3.8, 4) is 5.75 Å². The summed E-state index contributed by atoms with van der Waals surface area (Å²) in [6.07, 6.45) is 3.65. The fourth-order valence-electron chi connectivity index (χ4n) is 3.82. The number of methoxy groups -OCH3 is 1. The molecule has 2 atom stereocenters. The van der Waals surface area contributed by atoms with Crippen molar-refractivity contribution in [3.63, 3.8) is 0 Å². The number of ether oxygens (including phenoxy) is 1. The van der Waals surface area contributed by atoms with Crippen LogP contribution in [0.5, 0.6) is 5.75 Å². The molecule has 2 aliphatic heterocycles. The summed E-state index contributed by atoms with van der Waals surface area (Å²) in [5.41, 5.74) is 3.54. The topological polar surface area (TPSA) is 58.2 Å². The molecule has 1 fully saturated rings. The number of hydrogen-bond donors (Lipinski definition) is 3. The van der Waals surface area contributed by atoms with Gasteiger partial charge in [0.15, 0.2) is 0 Å². The second-order valence-electron chi connectivity index (χ2n) is 7.20. The zero-order valence-electron chi connectivity index (χ0n) is 15.7. The van der Waals surface area contributed by atoms with E-state index in [2.05, 4.69) is 35.0 Å². The maximum Gasteiger partial charge on any atom is 0.134 e. The van der Waals surface area contributed by atoms with E-state index >= 15 is 0 Å². The van der Waals surface area contributed by atoms with E-state index in [4.69, 9.17) is 9.72 Å². The molecule has 0 aliphatic carbocycles. The Kier molecular flexibility index (Phi) is 4.99. The number of nitrogens with one attached hydrogen (secondary N) is 3. The Bertz CT molecular complexity index is 861. The van der Waals surface area contributed by atoms with E-state index in [0.717, 1.165) is 42.2 Å². The second-order valence-corrected chi connectivity index (χ2v) is 7.20. The molecule has 142 valence electrons. The largest absolute Gasteiger partial charge is 0.496 e. The van der Waals surface area contributed by atoms with Crippen molar-refractivity contribution in [2.45, 2.75) is 31.8 Å². The van der Waals surface area contributed by atoms with E-state index in [-0.39, 0.29) is 11.9 Å². The Balaban J connectivity index is 1.54. The van der Waals surface area contributed by atoms with Gasteiger partial charge >= 0.3 is 0 Å². The highest BCUT2D eigenvalue weighted by Crippen LogP contribution is 2.37. The van der Waals surface area contributed by atoms with Crippen LogP contribution >= 0.6 is 0 Å². The second kappa shape index (κ2) is 7.56. The number of pyridine rings is 1. The number of anilines is 1. The fourth-order valence-corrected chi connectivity index (χ4v) is 3.82. The molecule has 1 aromatic carbocycles. The van der Waals surface area contributed by atoms with Gasteiger partial charge in [0.05, 0.1) is 24.4 Å². The van der Waals surface area contributed by atoms with Crippen molar-refractivity contribution in [2.24, 2.45) is 0 Å². The third-order valence-electron chi connectivity index (χ3n) is 5.16. The average molecular weight is 368 g/mol. The Morgan fingerprint density at radius 1 is 1.30 bits per heavy atom. The summed E-state index contributed by atoms with van der Waals surface area (Å²) in [4.78, 5) is 4.81. The number of rotatable bonds is 5. The smallest absolute Gasteiger partial charge is 0.134 e. The SMILES string of the molecule is COc1cccc(F)c1C1=CNC(c2cc(C)cc(NC3CCNC3)n2)C1. The lowest BCUT2D eigenvalue weighted by Crippen LogP contribution is -2.23. The molecule has 3 N–H and O–H groups in total. The molecule has 1 aromatic heterocycles. The summed E-state index contributed by atoms with van der Waals surface area (Å²) in [6, 6.07) is 9.52. The number of benzene rings is 1. The Hall–Kier alpha value is -2.60. The molecule has 3 heterocycles. The van der Waals surface area contributed by atoms with Gasteiger partial charge in [0.25, 0.3) is 0 Å². The van der Waals surface area contributed by atoms with Crippen molar-refractivity contribution in [2.75, 3.05) is 25.5 Å². The van der Waals surface area contributed by atoms with Crippen molar-refractivity contribution < 1.29 is 9.13 Å². The molecule has 0 radical (unpaired) electrons. The van der Waals surface area contributed by atoms with Crippen LogP contribution in [-0.4, -0.2) is 31.2 Å². The molecule has 1 saturated heterocycles. The minimum atomic E-state index is -0.267. The zero-order valence-corrected chi connectivity index (χ0v) is 15.7. The molecule has 0 amide bonds. The van der Waals surface area contributed by atoms with Crippen molar-refractivity contribution >= 4 is 11.4 Å². The number of hydrogen-bond acceptors (Lipinski definition) is 5. The van der Waals surface area contributed by atoms with Gasteiger partial charge in [-0.25, -0.2) is 9.37 Å². The molecule has 0 bridgehead atoms. The van der Waals surface area contributed by atoms with Crippen LogP contribution in [0.2, 0.25) is 0 Å². The van der Waals surface area contributed by atoms with Crippen LogP contribution in [-0.2, 0) is 0 Å². The van der Waals surface area contributed by atoms with Crippen molar-refractivity contribution in [1.82, 2.24) is 15.6 Å². The summed E-state index contributed by atoms with van der Waals surface area (Å²) in [5.74, 6) is 1.19. The van der Waals surface area contributed by atoms with Gasteiger partial charge in [0, 0.05) is 25.2 Å². The first kappa shape index (κ1) is 17.8. The monoisotopic (exact) mass is 368 g/mol. The summed E-state index contributed by atoms with van der Waals surface area (Å²) in [7, 11) is 1.57. The number of nitrogens with zero attached hydrogens (tertiary/aromatic N) is 1. The minimum absolute atomic E-state index is 0.0199. The van der Waals surface area contributed by atoms with Gasteiger partial charge in [0.1, 0.15) is 17.4 Å². The standard InChI is InChI=1S/C21H25FN4O/c1-13-8-18(26-20(9-13)25-15-6-7-23-12-15)17-10-14(11-24-17)21-16(22)4-3-5-19(21)27-2/h3-5,8-9,11,15,17,23-24H,6-7,10,12H2,1-2H3,(H,25,26). The molecule has 6 heteroatoms. The third kappa shape index (κ3) is 3.76. The predicted octanol–water partition coefficient (Wildman–Crippen LogP) is 3.39. The molecular weight excluding hydrogens is 343 g/mol. The van der Waals surface area contributed by atoms with Crippen LogP contribution < -0.4 is 20.7 Å². The maximum atomic E-state index is 14.4. The molecule has 5 nitrogen and oxygen atoms in total. The van der Waals surface area contributed by atoms with E-state index in [0.29, 0.717) is 23.8 Å². The first-order chi connectivity index (χ1) is 13.1. The Morgan fingerprint density at radius 2 is 2.19 bits per heavy atom. The molecule has 0 saturated carbocycles. The van der Waals surface area contributed by atoms with Gasteiger partial charge in [-0.05, 0) is 55.3 Å². The van der Waals surface area contributed by atoms with Gasteiger partial charge in [-0.1, -0.05) is 6.07 Å². The van der Waals surface area contributed by atoms with Gasteiger partial charge in [-0.15, -0.1) is 0 Å². The molecular formula is C21H25FN4O. The minimum Gasteiger partial charge on any atom is -0.496 e. The lowest BCUT2D eigenvalue weighted by Gasteiger charge is -2.17.